The van der Waals surface area contributed by atoms with Crippen LogP contribution >= 0.6 is 11.6 Å². The van der Waals surface area contributed by atoms with Gasteiger partial charge in [0, 0.05) is 59.4 Å². The van der Waals surface area contributed by atoms with Gasteiger partial charge in [-0.2, -0.15) is 0 Å². The molecular weight excluding hydrogens is 362 g/mol. The van der Waals surface area contributed by atoms with Gasteiger partial charge in [0.2, 0.25) is 0 Å². The second-order valence-corrected chi connectivity index (χ2v) is 7.78. The van der Waals surface area contributed by atoms with Gasteiger partial charge in [0.25, 0.3) is 0 Å². The molecule has 2 fully saturated rings. The van der Waals surface area contributed by atoms with Crippen LogP contribution in [0.25, 0.3) is 0 Å². The molecular formula is C20H32ClN5O. The lowest BCUT2D eigenvalue weighted by molar-refractivity contribution is 0.0320. The van der Waals surface area contributed by atoms with E-state index in [2.05, 4.69) is 38.0 Å². The summed E-state index contributed by atoms with van der Waals surface area (Å²) in [6, 6.07) is 8.08. The molecule has 0 saturated carbocycles. The minimum Gasteiger partial charge on any atom is -0.379 e. The van der Waals surface area contributed by atoms with Crippen molar-refractivity contribution in [3.8, 4) is 0 Å². The lowest BCUT2D eigenvalue weighted by atomic mass is 10.1. The van der Waals surface area contributed by atoms with E-state index in [1.165, 1.54) is 0 Å². The zero-order chi connectivity index (χ0) is 19.1. The van der Waals surface area contributed by atoms with Gasteiger partial charge >= 0.3 is 0 Å². The molecule has 2 saturated heterocycles. The zero-order valence-corrected chi connectivity index (χ0v) is 17.3. The Hall–Kier alpha value is -1.50. The number of anilines is 1. The second kappa shape index (κ2) is 10.2. The molecule has 1 unspecified atom stereocenters. The number of hydrogen-bond donors (Lipinski definition) is 1. The average Bonchev–Trinajstić information content (AvgIpc) is 2.70. The van der Waals surface area contributed by atoms with Crippen molar-refractivity contribution in [2.24, 2.45) is 10.9 Å². The van der Waals surface area contributed by atoms with Crippen LogP contribution in [0.3, 0.4) is 0 Å². The van der Waals surface area contributed by atoms with Crippen molar-refractivity contribution >= 4 is 23.2 Å². The summed E-state index contributed by atoms with van der Waals surface area (Å²) in [5, 5.41) is 4.39. The Kier molecular flexibility index (Phi) is 7.61. The minimum atomic E-state index is 0.573. The summed E-state index contributed by atoms with van der Waals surface area (Å²) in [6.45, 7) is 11.9. The van der Waals surface area contributed by atoms with Crippen molar-refractivity contribution in [1.29, 1.82) is 0 Å². The van der Waals surface area contributed by atoms with Crippen LogP contribution < -0.4 is 10.2 Å². The fraction of sp³-hybridized carbons (Fsp3) is 0.650. The van der Waals surface area contributed by atoms with E-state index in [1.807, 2.05) is 25.2 Å². The summed E-state index contributed by atoms with van der Waals surface area (Å²) in [5.41, 5.74) is 1.13. The molecule has 0 aromatic heterocycles. The number of aliphatic imine (C=N–C) groups is 1. The number of guanidine groups is 1. The number of para-hydroxylation sites is 1. The number of halogens is 1. The van der Waals surface area contributed by atoms with E-state index in [9.17, 15) is 0 Å². The molecule has 27 heavy (non-hydrogen) atoms. The number of nitrogens with zero attached hydrogens (tertiary/aromatic N) is 4. The Morgan fingerprint density at radius 3 is 2.52 bits per heavy atom. The van der Waals surface area contributed by atoms with Crippen molar-refractivity contribution in [3.05, 3.63) is 29.3 Å². The number of ether oxygens (including phenoxy) is 1. The van der Waals surface area contributed by atoms with Crippen molar-refractivity contribution in [2.75, 3.05) is 77.5 Å². The minimum absolute atomic E-state index is 0.573. The van der Waals surface area contributed by atoms with Crippen LogP contribution in [0.1, 0.15) is 6.92 Å². The molecule has 1 aromatic carbocycles. The van der Waals surface area contributed by atoms with Crippen molar-refractivity contribution in [2.45, 2.75) is 6.92 Å². The predicted molar refractivity (Wildman–Crippen MR) is 113 cm³/mol. The van der Waals surface area contributed by atoms with Gasteiger partial charge in [0.1, 0.15) is 0 Å². The van der Waals surface area contributed by atoms with Crippen LogP contribution in [0.5, 0.6) is 0 Å². The molecule has 0 aliphatic carbocycles. The highest BCUT2D eigenvalue weighted by atomic mass is 35.5. The van der Waals surface area contributed by atoms with Crippen LogP contribution in [-0.2, 0) is 4.74 Å². The molecule has 2 heterocycles. The molecule has 0 bridgehead atoms. The van der Waals surface area contributed by atoms with E-state index in [4.69, 9.17) is 16.3 Å². The molecule has 0 amide bonds. The monoisotopic (exact) mass is 393 g/mol. The van der Waals surface area contributed by atoms with Gasteiger partial charge in [-0.3, -0.25) is 9.89 Å². The Morgan fingerprint density at radius 2 is 1.85 bits per heavy atom. The lowest BCUT2D eigenvalue weighted by Gasteiger charge is -2.38. The highest BCUT2D eigenvalue weighted by Crippen LogP contribution is 2.26. The standard InChI is InChI=1S/C20H32ClN5O/c1-17(16-24-11-13-27-14-12-24)15-23-20(22-2)26-9-7-25(8-10-26)19-6-4-3-5-18(19)21/h3-6,17H,7-16H2,1-2H3,(H,22,23). The topological polar surface area (TPSA) is 43.3 Å². The number of piperazine rings is 1. The molecule has 0 radical (unpaired) electrons. The maximum atomic E-state index is 6.35. The summed E-state index contributed by atoms with van der Waals surface area (Å²) in [5.74, 6) is 1.58. The number of rotatable bonds is 5. The van der Waals surface area contributed by atoms with Crippen molar-refractivity contribution in [3.63, 3.8) is 0 Å². The third-order valence-corrected chi connectivity index (χ3v) is 5.59. The fourth-order valence-electron chi connectivity index (χ4n) is 3.75. The van der Waals surface area contributed by atoms with Gasteiger partial charge in [0.15, 0.2) is 5.96 Å². The van der Waals surface area contributed by atoms with Gasteiger partial charge in [0.05, 0.1) is 23.9 Å². The van der Waals surface area contributed by atoms with Gasteiger partial charge in [-0.15, -0.1) is 0 Å². The molecule has 6 nitrogen and oxygen atoms in total. The summed E-state index contributed by atoms with van der Waals surface area (Å²) in [4.78, 5) is 11.7. The van der Waals surface area contributed by atoms with Gasteiger partial charge in [-0.05, 0) is 18.1 Å². The quantitative estimate of drug-likeness (QED) is 0.612. The number of morpholine rings is 1. The molecule has 1 N–H and O–H groups in total. The smallest absolute Gasteiger partial charge is 0.193 e. The van der Waals surface area contributed by atoms with E-state index in [0.29, 0.717) is 5.92 Å². The summed E-state index contributed by atoms with van der Waals surface area (Å²) >= 11 is 6.35. The summed E-state index contributed by atoms with van der Waals surface area (Å²) < 4.78 is 5.43. The molecule has 1 aromatic rings. The lowest BCUT2D eigenvalue weighted by Crippen LogP contribution is -2.53. The fourth-order valence-corrected chi connectivity index (χ4v) is 4.01. The molecule has 3 rings (SSSR count). The first-order valence-electron chi connectivity index (χ1n) is 9.92. The zero-order valence-electron chi connectivity index (χ0n) is 16.5. The van der Waals surface area contributed by atoms with E-state index in [-0.39, 0.29) is 0 Å². The first kappa shape index (κ1) is 20.2. The van der Waals surface area contributed by atoms with Gasteiger partial charge in [-0.25, -0.2) is 0 Å². The summed E-state index contributed by atoms with van der Waals surface area (Å²) in [6.07, 6.45) is 0. The highest BCUT2D eigenvalue weighted by molar-refractivity contribution is 6.33. The average molecular weight is 394 g/mol. The first-order valence-corrected chi connectivity index (χ1v) is 10.3. The third-order valence-electron chi connectivity index (χ3n) is 5.27. The Balaban J connectivity index is 1.44. The second-order valence-electron chi connectivity index (χ2n) is 7.37. The SMILES string of the molecule is CN=C(NCC(C)CN1CCOCC1)N1CCN(c2ccccc2Cl)CC1. The number of nitrogens with one attached hydrogen (secondary N) is 1. The maximum Gasteiger partial charge on any atom is 0.193 e. The molecule has 2 aliphatic rings. The van der Waals surface area contributed by atoms with E-state index in [0.717, 1.165) is 82.2 Å². The summed E-state index contributed by atoms with van der Waals surface area (Å²) in [7, 11) is 1.87. The van der Waals surface area contributed by atoms with Crippen LogP contribution in [-0.4, -0.2) is 88.4 Å². The largest absolute Gasteiger partial charge is 0.379 e. The normalized spacial score (nSPS) is 20.6. The van der Waals surface area contributed by atoms with E-state index >= 15 is 0 Å². The Bertz CT molecular complexity index is 612. The van der Waals surface area contributed by atoms with Gasteiger partial charge in [-0.1, -0.05) is 30.7 Å². The maximum absolute atomic E-state index is 6.35. The molecule has 1 atom stereocenters. The third kappa shape index (κ3) is 5.74. The first-order chi connectivity index (χ1) is 13.2. The van der Waals surface area contributed by atoms with Crippen LogP contribution in [0.4, 0.5) is 5.69 Å². The molecule has 2 aliphatic heterocycles. The highest BCUT2D eigenvalue weighted by Gasteiger charge is 2.21. The number of benzene rings is 1. The van der Waals surface area contributed by atoms with E-state index in [1.54, 1.807) is 0 Å². The van der Waals surface area contributed by atoms with Crippen molar-refractivity contribution < 1.29 is 4.74 Å². The van der Waals surface area contributed by atoms with Crippen LogP contribution in [0.2, 0.25) is 5.02 Å². The Labute approximate surface area is 168 Å². The Morgan fingerprint density at radius 1 is 1.15 bits per heavy atom. The molecule has 150 valence electrons. The number of hydrogen-bond acceptors (Lipinski definition) is 4. The van der Waals surface area contributed by atoms with Crippen LogP contribution in [0.15, 0.2) is 29.3 Å². The predicted octanol–water partition coefficient (Wildman–Crippen LogP) is 2.01. The molecule has 0 spiro atoms. The molecule has 7 heteroatoms. The van der Waals surface area contributed by atoms with Crippen molar-refractivity contribution in [1.82, 2.24) is 15.1 Å². The van der Waals surface area contributed by atoms with Crippen LogP contribution in [0, 0.1) is 5.92 Å². The van der Waals surface area contributed by atoms with Gasteiger partial charge < -0.3 is 19.9 Å². The van der Waals surface area contributed by atoms with E-state index < -0.39 is 0 Å².